The molecule has 12 nitrogen and oxygen atoms in total. The number of carbonyl (C=O) groups is 3. The number of ketones is 1. The van der Waals surface area contributed by atoms with Crippen LogP contribution in [0.3, 0.4) is 0 Å². The van der Waals surface area contributed by atoms with Crippen molar-refractivity contribution in [2.75, 3.05) is 12.4 Å². The number of hydrogen-bond acceptors (Lipinski definition) is 11. The molecule has 0 aliphatic carbocycles. The Bertz CT molecular complexity index is 2030. The third-order valence-electron chi connectivity index (χ3n) is 10.8. The number of benzene rings is 2. The number of aliphatic hydroxyl groups is 1. The Kier molecular flexibility index (Phi) is 9.92. The molecular formula is C41H48N4O8. The van der Waals surface area contributed by atoms with Gasteiger partial charge in [-0.05, 0) is 53.9 Å². The normalized spacial score (nSPS) is 21.9. The number of para-hydroxylation sites is 1. The Hall–Kier alpha value is -4.97. The van der Waals surface area contributed by atoms with E-state index in [0.29, 0.717) is 5.76 Å². The molecule has 5 heterocycles. The molecule has 2 aromatic heterocycles. The highest BCUT2D eigenvalue weighted by Gasteiger charge is 2.61. The zero-order valence-corrected chi connectivity index (χ0v) is 31.2. The number of Topliss-reactive ketones (excluding diaryl/α,β-unsaturated/α-hetero) is 1. The van der Waals surface area contributed by atoms with Crippen LogP contribution in [0.1, 0.15) is 117 Å². The van der Waals surface area contributed by atoms with Crippen LogP contribution < -0.4 is 15.4 Å². The van der Waals surface area contributed by atoms with E-state index in [1.165, 1.54) is 13.4 Å². The van der Waals surface area contributed by atoms with Crippen LogP contribution in [0.2, 0.25) is 0 Å². The molecule has 53 heavy (non-hydrogen) atoms. The van der Waals surface area contributed by atoms with E-state index in [1.54, 1.807) is 13.8 Å². The van der Waals surface area contributed by atoms with Crippen LogP contribution in [0, 0.1) is 17.8 Å². The molecule has 0 saturated heterocycles. The summed E-state index contributed by atoms with van der Waals surface area (Å²) in [5.41, 5.74) is 3.59. The lowest BCUT2D eigenvalue weighted by atomic mass is 9.71. The number of aryl methyl sites for hydroxylation is 1. The van der Waals surface area contributed by atoms with E-state index < -0.39 is 35.7 Å². The number of aromatic nitrogens is 2. The summed E-state index contributed by atoms with van der Waals surface area (Å²) in [6.45, 7) is 9.64. The maximum atomic E-state index is 14.3. The van der Waals surface area contributed by atoms with Gasteiger partial charge in [-0.3, -0.25) is 9.59 Å². The number of unbranched alkanes of at least 4 members (excludes halogenated alkanes) is 3. The molecule has 2 aromatic carbocycles. The minimum absolute atomic E-state index is 0.0283. The predicted octanol–water partition coefficient (Wildman–Crippen LogP) is 6.68. The fourth-order valence-corrected chi connectivity index (χ4v) is 7.99. The fraction of sp³-hybridized carbons (Fsp3) is 0.488. The van der Waals surface area contributed by atoms with Crippen molar-refractivity contribution in [3.63, 3.8) is 0 Å². The number of fused-ring (bicyclic) bond motifs is 4. The van der Waals surface area contributed by atoms with E-state index in [2.05, 4.69) is 34.7 Å². The van der Waals surface area contributed by atoms with Gasteiger partial charge in [0.05, 0.1) is 7.11 Å². The van der Waals surface area contributed by atoms with E-state index in [-0.39, 0.29) is 59.5 Å². The number of rotatable bonds is 12. The lowest BCUT2D eigenvalue weighted by Crippen LogP contribution is -2.41. The van der Waals surface area contributed by atoms with Crippen LogP contribution >= 0.6 is 0 Å². The average Bonchev–Trinajstić information content (AvgIpc) is 3.92. The maximum absolute atomic E-state index is 14.3. The molecule has 1 spiro atoms. The van der Waals surface area contributed by atoms with E-state index in [0.717, 1.165) is 65.8 Å². The van der Waals surface area contributed by atoms with Gasteiger partial charge in [0.25, 0.3) is 0 Å². The standard InChI is InChI=1S/C41H48N4O8/c1-7-8-9-10-13-24-16-23-17-25(19-30(46)33(47)22(4)5)36(48)44-31(21(2)3)38-45-32(37-42-29(20-51-37)39(49)50-6)35(53-38)41-26-14-11-12-15-28(26)43-40(41)52-34(24)27(41)18-23/h11-12,14-16,18,20-22,25,31,33,40,43,47H,7-10,13,17,19H2,1-6H3,(H,44,48)/t25-,31+,33+,40+,41?/m1/s1. The third-order valence-corrected chi connectivity index (χ3v) is 10.8. The highest BCUT2D eigenvalue weighted by molar-refractivity contribution is 5.90. The Morgan fingerprint density at radius 1 is 1.06 bits per heavy atom. The van der Waals surface area contributed by atoms with Crippen LogP contribution in [-0.4, -0.2) is 52.2 Å². The number of oxazole rings is 2. The van der Waals surface area contributed by atoms with Gasteiger partial charge in [-0.15, -0.1) is 0 Å². The lowest BCUT2D eigenvalue weighted by Gasteiger charge is -2.29. The molecule has 0 radical (unpaired) electrons. The molecule has 4 aromatic rings. The first-order chi connectivity index (χ1) is 25.5. The van der Waals surface area contributed by atoms with Gasteiger partial charge in [-0.2, -0.15) is 0 Å². The largest absolute Gasteiger partial charge is 0.468 e. The van der Waals surface area contributed by atoms with E-state index >= 15 is 0 Å². The number of methoxy groups -OCH3 is 1. The summed E-state index contributed by atoms with van der Waals surface area (Å²) in [6.07, 6.45) is 4.46. The van der Waals surface area contributed by atoms with Crippen molar-refractivity contribution in [1.29, 1.82) is 0 Å². The van der Waals surface area contributed by atoms with Crippen molar-refractivity contribution in [2.24, 2.45) is 17.8 Å². The van der Waals surface area contributed by atoms with Gasteiger partial charge in [0.2, 0.25) is 17.7 Å². The van der Waals surface area contributed by atoms with Gasteiger partial charge in [-0.1, -0.05) is 84.2 Å². The number of nitrogens with one attached hydrogen (secondary N) is 2. The first-order valence-electron chi connectivity index (χ1n) is 18.7. The number of anilines is 1. The number of ether oxygens (including phenoxy) is 2. The quantitative estimate of drug-likeness (QED) is 0.105. The summed E-state index contributed by atoms with van der Waals surface area (Å²) < 4.78 is 24.7. The molecule has 1 amide bonds. The SMILES string of the molecule is CCCCCCc1cc2cc3c1O[C@@H]1Nc4ccccc4C31c1oc(nc1-c1nc(C(=O)OC)co1)[C@H](C(C)C)NC(=O)[C@@H](CC(=O)[C@@H](O)C(C)C)C2. The second kappa shape index (κ2) is 14.5. The number of nitrogens with zero attached hydrogens (tertiary/aromatic N) is 2. The summed E-state index contributed by atoms with van der Waals surface area (Å²) in [5.74, 6) is -1.27. The van der Waals surface area contributed by atoms with Crippen molar-refractivity contribution in [3.8, 4) is 17.3 Å². The first kappa shape index (κ1) is 36.4. The molecule has 3 N–H and O–H groups in total. The van der Waals surface area contributed by atoms with Crippen LogP contribution in [0.4, 0.5) is 5.69 Å². The van der Waals surface area contributed by atoms with Gasteiger partial charge in [0.15, 0.2) is 29.2 Å². The molecule has 0 fully saturated rings. The van der Waals surface area contributed by atoms with Gasteiger partial charge in [0.1, 0.15) is 29.6 Å². The van der Waals surface area contributed by atoms with Gasteiger partial charge < -0.3 is 34.0 Å². The number of amides is 1. The average molecular weight is 725 g/mol. The molecule has 12 heteroatoms. The highest BCUT2D eigenvalue weighted by Crippen LogP contribution is 2.60. The fourth-order valence-electron chi connectivity index (χ4n) is 7.99. The van der Waals surface area contributed by atoms with Crippen molar-refractivity contribution in [1.82, 2.24) is 15.3 Å². The molecule has 7 rings (SSSR count). The Morgan fingerprint density at radius 2 is 1.85 bits per heavy atom. The minimum atomic E-state index is -1.19. The monoisotopic (exact) mass is 724 g/mol. The molecule has 3 aliphatic rings. The number of hydrogen-bond donors (Lipinski definition) is 3. The first-order valence-corrected chi connectivity index (χ1v) is 18.7. The topological polar surface area (TPSA) is 166 Å². The van der Waals surface area contributed by atoms with Gasteiger partial charge in [-0.25, -0.2) is 14.8 Å². The van der Waals surface area contributed by atoms with E-state index in [4.69, 9.17) is 23.3 Å². The second-order valence-electron chi connectivity index (χ2n) is 15.2. The van der Waals surface area contributed by atoms with Crippen molar-refractivity contribution in [2.45, 2.75) is 103 Å². The van der Waals surface area contributed by atoms with Gasteiger partial charge >= 0.3 is 5.97 Å². The summed E-state index contributed by atoms with van der Waals surface area (Å²) in [7, 11) is 1.27. The highest BCUT2D eigenvalue weighted by atomic mass is 16.5. The Labute approximate surface area is 309 Å². The molecule has 0 saturated carbocycles. The second-order valence-corrected chi connectivity index (χ2v) is 15.2. The zero-order chi connectivity index (χ0) is 37.6. The molecule has 4 bridgehead atoms. The van der Waals surface area contributed by atoms with Crippen LogP contribution in [-0.2, 0) is 32.6 Å². The van der Waals surface area contributed by atoms with Crippen molar-refractivity contribution >= 4 is 23.3 Å². The number of esters is 1. The van der Waals surface area contributed by atoms with Crippen LogP contribution in [0.25, 0.3) is 11.6 Å². The van der Waals surface area contributed by atoms with Crippen molar-refractivity contribution in [3.05, 3.63) is 82.3 Å². The van der Waals surface area contributed by atoms with Gasteiger partial charge in [0, 0.05) is 23.6 Å². The van der Waals surface area contributed by atoms with E-state index in [9.17, 15) is 19.5 Å². The lowest BCUT2D eigenvalue weighted by molar-refractivity contribution is -0.135. The molecule has 3 aliphatic heterocycles. The van der Waals surface area contributed by atoms with Crippen LogP contribution in [0.15, 0.2) is 51.5 Å². The Balaban J connectivity index is 1.50. The molecule has 280 valence electrons. The molecule has 1 unspecified atom stereocenters. The smallest absolute Gasteiger partial charge is 0.360 e. The minimum Gasteiger partial charge on any atom is -0.468 e. The number of carbonyl (C=O) groups excluding carboxylic acids is 3. The van der Waals surface area contributed by atoms with E-state index in [1.807, 2.05) is 38.1 Å². The number of aliphatic hydroxyl groups excluding tert-OH is 1. The summed E-state index contributed by atoms with van der Waals surface area (Å²) in [5, 5.41) is 17.5. The molecular weight excluding hydrogens is 676 g/mol. The third kappa shape index (κ3) is 6.30. The maximum Gasteiger partial charge on any atom is 0.360 e. The van der Waals surface area contributed by atoms with Crippen molar-refractivity contribution < 1.29 is 37.8 Å². The summed E-state index contributed by atoms with van der Waals surface area (Å²) in [6, 6.07) is 11.4. The summed E-state index contributed by atoms with van der Waals surface area (Å²) >= 11 is 0. The zero-order valence-electron chi connectivity index (χ0n) is 31.2. The van der Waals surface area contributed by atoms with Crippen LogP contribution in [0.5, 0.6) is 5.75 Å². The summed E-state index contributed by atoms with van der Waals surface area (Å²) in [4.78, 5) is 49.8. The Morgan fingerprint density at radius 3 is 2.58 bits per heavy atom. The molecule has 5 atom stereocenters. The predicted molar refractivity (Wildman–Crippen MR) is 195 cm³/mol.